The number of carbonyl (C=O) groups excluding carboxylic acids is 1. The van der Waals surface area contributed by atoms with Crippen molar-refractivity contribution in [2.45, 2.75) is 18.9 Å². The van der Waals surface area contributed by atoms with Gasteiger partial charge in [0.15, 0.2) is 0 Å². The summed E-state index contributed by atoms with van der Waals surface area (Å²) in [4.78, 5) is 26.3. The van der Waals surface area contributed by atoms with Gasteiger partial charge in [0, 0.05) is 39.1 Å². The van der Waals surface area contributed by atoms with Crippen LogP contribution in [0.15, 0.2) is 12.7 Å². The predicted octanol–water partition coefficient (Wildman–Crippen LogP) is -0.491. The molecule has 0 aromatic heterocycles. The van der Waals surface area contributed by atoms with E-state index >= 15 is 0 Å². The molecule has 0 bridgehead atoms. The molecule has 102 valence electrons. The van der Waals surface area contributed by atoms with E-state index in [-0.39, 0.29) is 18.7 Å². The van der Waals surface area contributed by atoms with Gasteiger partial charge < -0.3 is 15.7 Å². The van der Waals surface area contributed by atoms with Crippen molar-refractivity contribution >= 4 is 11.9 Å². The first kappa shape index (κ1) is 14.7. The average molecular weight is 255 g/mol. The van der Waals surface area contributed by atoms with Gasteiger partial charge in [-0.15, -0.1) is 6.58 Å². The van der Waals surface area contributed by atoms with E-state index in [1.54, 1.807) is 4.90 Å². The molecule has 1 fully saturated rings. The van der Waals surface area contributed by atoms with Gasteiger partial charge in [0.2, 0.25) is 5.91 Å². The highest BCUT2D eigenvalue weighted by atomic mass is 16.4. The largest absolute Gasteiger partial charge is 0.481 e. The number of rotatable bonds is 6. The lowest BCUT2D eigenvalue weighted by atomic mass is 10.1. The highest BCUT2D eigenvalue weighted by molar-refractivity contribution is 5.82. The SMILES string of the molecule is C=CCN1CCN(C(=O)C(N)CCC(=O)O)CC1. The van der Waals surface area contributed by atoms with E-state index in [9.17, 15) is 9.59 Å². The number of carbonyl (C=O) groups is 2. The van der Waals surface area contributed by atoms with Crippen LogP contribution >= 0.6 is 0 Å². The number of hydrogen-bond donors (Lipinski definition) is 2. The van der Waals surface area contributed by atoms with Gasteiger partial charge in [-0.1, -0.05) is 6.08 Å². The second-order valence-corrected chi connectivity index (χ2v) is 4.45. The zero-order chi connectivity index (χ0) is 13.5. The van der Waals surface area contributed by atoms with E-state index in [1.807, 2.05) is 6.08 Å². The number of nitrogens with zero attached hydrogens (tertiary/aromatic N) is 2. The molecule has 0 aromatic rings. The zero-order valence-corrected chi connectivity index (χ0v) is 10.5. The number of carboxylic acids is 1. The molecule has 1 aliphatic heterocycles. The number of aliphatic carboxylic acids is 1. The molecule has 1 amide bonds. The second-order valence-electron chi connectivity index (χ2n) is 4.45. The molecule has 1 unspecified atom stereocenters. The molecule has 0 spiro atoms. The van der Waals surface area contributed by atoms with Crippen molar-refractivity contribution in [3.63, 3.8) is 0 Å². The Bertz CT molecular complexity index is 312. The highest BCUT2D eigenvalue weighted by Crippen LogP contribution is 2.06. The van der Waals surface area contributed by atoms with E-state index in [2.05, 4.69) is 11.5 Å². The van der Waals surface area contributed by atoms with E-state index in [0.29, 0.717) is 13.1 Å². The molecule has 0 radical (unpaired) electrons. The topological polar surface area (TPSA) is 86.9 Å². The van der Waals surface area contributed by atoms with Crippen LogP contribution in [-0.4, -0.2) is 65.5 Å². The minimum atomic E-state index is -0.922. The quantitative estimate of drug-likeness (QED) is 0.625. The molecular formula is C12H21N3O3. The van der Waals surface area contributed by atoms with Crippen LogP contribution < -0.4 is 5.73 Å². The maximum atomic E-state index is 11.9. The maximum Gasteiger partial charge on any atom is 0.303 e. The third-order valence-electron chi connectivity index (χ3n) is 3.06. The van der Waals surface area contributed by atoms with E-state index < -0.39 is 12.0 Å². The Labute approximate surface area is 107 Å². The molecule has 0 aliphatic carbocycles. The number of amides is 1. The molecule has 0 aromatic carbocycles. The fourth-order valence-corrected chi connectivity index (χ4v) is 1.97. The Hall–Kier alpha value is -1.40. The fraction of sp³-hybridized carbons (Fsp3) is 0.667. The Morgan fingerprint density at radius 3 is 2.44 bits per heavy atom. The monoisotopic (exact) mass is 255 g/mol. The molecule has 1 atom stereocenters. The van der Waals surface area contributed by atoms with Crippen LogP contribution in [0.1, 0.15) is 12.8 Å². The van der Waals surface area contributed by atoms with Crippen LogP contribution in [0.25, 0.3) is 0 Å². The molecule has 6 nitrogen and oxygen atoms in total. The Balaban J connectivity index is 2.34. The standard InChI is InChI=1S/C12H21N3O3/c1-2-5-14-6-8-15(9-7-14)12(18)10(13)3-4-11(16)17/h2,10H,1,3-9,13H2,(H,16,17). The van der Waals surface area contributed by atoms with Gasteiger partial charge >= 0.3 is 5.97 Å². The van der Waals surface area contributed by atoms with Crippen molar-refractivity contribution < 1.29 is 14.7 Å². The molecule has 1 rings (SSSR count). The lowest BCUT2D eigenvalue weighted by Crippen LogP contribution is -2.53. The van der Waals surface area contributed by atoms with Crippen molar-refractivity contribution in [3.8, 4) is 0 Å². The Morgan fingerprint density at radius 2 is 1.94 bits per heavy atom. The van der Waals surface area contributed by atoms with Crippen molar-refractivity contribution in [1.29, 1.82) is 0 Å². The van der Waals surface area contributed by atoms with Crippen molar-refractivity contribution in [2.24, 2.45) is 5.73 Å². The fourth-order valence-electron chi connectivity index (χ4n) is 1.97. The van der Waals surface area contributed by atoms with Gasteiger partial charge in [-0.2, -0.15) is 0 Å². The summed E-state index contributed by atoms with van der Waals surface area (Å²) in [5, 5.41) is 8.55. The molecule has 6 heteroatoms. The molecule has 1 heterocycles. The molecule has 1 saturated heterocycles. The zero-order valence-electron chi connectivity index (χ0n) is 10.5. The van der Waals surface area contributed by atoms with Crippen LogP contribution in [0.2, 0.25) is 0 Å². The van der Waals surface area contributed by atoms with Crippen molar-refractivity contribution in [3.05, 3.63) is 12.7 Å². The Kier molecular flexibility index (Phi) is 5.80. The summed E-state index contributed by atoms with van der Waals surface area (Å²) < 4.78 is 0. The number of hydrogen-bond acceptors (Lipinski definition) is 4. The highest BCUT2D eigenvalue weighted by Gasteiger charge is 2.24. The van der Waals surface area contributed by atoms with Crippen molar-refractivity contribution in [1.82, 2.24) is 9.80 Å². The minimum absolute atomic E-state index is 0.0661. The van der Waals surface area contributed by atoms with Gasteiger partial charge in [0.25, 0.3) is 0 Å². The van der Waals surface area contributed by atoms with Crippen LogP contribution in [0.5, 0.6) is 0 Å². The molecule has 3 N–H and O–H groups in total. The van der Waals surface area contributed by atoms with Crippen LogP contribution in [0.4, 0.5) is 0 Å². The average Bonchev–Trinajstić information content (AvgIpc) is 2.36. The summed E-state index contributed by atoms with van der Waals surface area (Å²) in [6.45, 7) is 7.42. The van der Waals surface area contributed by atoms with Crippen LogP contribution in [0.3, 0.4) is 0 Å². The summed E-state index contributed by atoms with van der Waals surface area (Å²) in [5.74, 6) is -1.07. The number of piperazine rings is 1. The second kappa shape index (κ2) is 7.13. The van der Waals surface area contributed by atoms with Gasteiger partial charge in [-0.25, -0.2) is 0 Å². The summed E-state index contributed by atoms with van der Waals surface area (Å²) in [6, 6.07) is -0.702. The third kappa shape index (κ3) is 4.46. The van der Waals surface area contributed by atoms with Crippen LogP contribution in [-0.2, 0) is 9.59 Å². The smallest absolute Gasteiger partial charge is 0.303 e. The van der Waals surface area contributed by atoms with Crippen molar-refractivity contribution in [2.75, 3.05) is 32.7 Å². The first-order valence-electron chi connectivity index (χ1n) is 6.14. The van der Waals surface area contributed by atoms with Gasteiger partial charge in [0.05, 0.1) is 6.04 Å². The van der Waals surface area contributed by atoms with E-state index in [1.165, 1.54) is 0 Å². The first-order chi connectivity index (χ1) is 8.54. The Morgan fingerprint density at radius 1 is 1.33 bits per heavy atom. The normalized spacial score (nSPS) is 18.4. The summed E-state index contributed by atoms with van der Waals surface area (Å²) in [5.41, 5.74) is 5.71. The third-order valence-corrected chi connectivity index (χ3v) is 3.06. The number of carboxylic acid groups (broad SMARTS) is 1. The van der Waals surface area contributed by atoms with Gasteiger partial charge in [0.1, 0.15) is 0 Å². The predicted molar refractivity (Wildman–Crippen MR) is 68.1 cm³/mol. The molecule has 0 saturated carbocycles. The maximum absolute atomic E-state index is 11.9. The molecule has 18 heavy (non-hydrogen) atoms. The van der Waals surface area contributed by atoms with E-state index in [0.717, 1.165) is 19.6 Å². The first-order valence-corrected chi connectivity index (χ1v) is 6.14. The summed E-state index contributed by atoms with van der Waals surface area (Å²) >= 11 is 0. The lowest BCUT2D eigenvalue weighted by Gasteiger charge is -2.35. The minimum Gasteiger partial charge on any atom is -0.481 e. The number of nitrogens with two attached hydrogens (primary N) is 1. The van der Waals surface area contributed by atoms with Gasteiger partial charge in [-0.05, 0) is 6.42 Å². The molecular weight excluding hydrogens is 234 g/mol. The summed E-state index contributed by atoms with van der Waals surface area (Å²) in [7, 11) is 0. The lowest BCUT2D eigenvalue weighted by molar-refractivity contribution is -0.138. The van der Waals surface area contributed by atoms with E-state index in [4.69, 9.17) is 10.8 Å². The van der Waals surface area contributed by atoms with Crippen LogP contribution in [0, 0.1) is 0 Å². The molecule has 1 aliphatic rings. The summed E-state index contributed by atoms with van der Waals surface area (Å²) in [6.07, 6.45) is 1.97. The van der Waals surface area contributed by atoms with Gasteiger partial charge in [-0.3, -0.25) is 14.5 Å².